The van der Waals surface area contributed by atoms with E-state index in [2.05, 4.69) is 0 Å². The van der Waals surface area contributed by atoms with E-state index in [1.807, 2.05) is 37.3 Å². The molecule has 7 heteroatoms. The molecule has 0 atom stereocenters. The average molecular weight is 374 g/mol. The zero-order chi connectivity index (χ0) is 19.0. The highest BCUT2D eigenvalue weighted by Crippen LogP contribution is 2.18. The van der Waals surface area contributed by atoms with Crippen molar-refractivity contribution in [3.05, 3.63) is 59.7 Å². The predicted molar refractivity (Wildman–Crippen MR) is 98.5 cm³/mol. The van der Waals surface area contributed by atoms with Crippen molar-refractivity contribution < 1.29 is 17.9 Å². The Morgan fingerprint density at radius 2 is 1.69 bits per heavy atom. The number of aryl methyl sites for hydroxylation is 1. The number of nitrogens with zero attached hydrogens (tertiary/aromatic N) is 2. The lowest BCUT2D eigenvalue weighted by Gasteiger charge is -2.22. The summed E-state index contributed by atoms with van der Waals surface area (Å²) in [5.41, 5.74) is 1.40. The van der Waals surface area contributed by atoms with Crippen LogP contribution < -0.4 is 4.74 Å². The Morgan fingerprint density at radius 3 is 2.31 bits per heavy atom. The van der Waals surface area contributed by atoms with E-state index in [9.17, 15) is 8.42 Å². The summed E-state index contributed by atoms with van der Waals surface area (Å²) in [5.74, 6) is 0.731. The summed E-state index contributed by atoms with van der Waals surface area (Å²) in [6.45, 7) is 2.85. The van der Waals surface area contributed by atoms with Gasteiger partial charge >= 0.3 is 0 Å². The second-order valence-corrected chi connectivity index (χ2v) is 7.58. The summed E-state index contributed by atoms with van der Waals surface area (Å²) < 4.78 is 37.8. The van der Waals surface area contributed by atoms with Gasteiger partial charge in [-0.25, -0.2) is 8.42 Å². The minimum Gasteiger partial charge on any atom is -0.492 e. The second-order valence-electron chi connectivity index (χ2n) is 5.65. The summed E-state index contributed by atoms with van der Waals surface area (Å²) in [6, 6.07) is 15.4. The molecule has 6 nitrogen and oxygen atoms in total. The summed E-state index contributed by atoms with van der Waals surface area (Å²) in [5, 5.41) is 8.86. The van der Waals surface area contributed by atoms with Crippen LogP contribution in [0.1, 0.15) is 11.1 Å². The van der Waals surface area contributed by atoms with E-state index in [-0.39, 0.29) is 31.2 Å². The minimum atomic E-state index is -3.70. The quantitative estimate of drug-likeness (QED) is 0.674. The number of ether oxygens (including phenoxy) is 2. The third-order valence-electron chi connectivity index (χ3n) is 3.86. The molecule has 0 amide bonds. The van der Waals surface area contributed by atoms with Crippen molar-refractivity contribution in [2.45, 2.75) is 11.8 Å². The van der Waals surface area contributed by atoms with Crippen molar-refractivity contribution in [3.8, 4) is 11.8 Å². The van der Waals surface area contributed by atoms with Crippen LogP contribution in [0.5, 0.6) is 5.75 Å². The first-order chi connectivity index (χ1) is 12.5. The molecule has 2 aromatic rings. The van der Waals surface area contributed by atoms with Crippen LogP contribution in [0.15, 0.2) is 53.4 Å². The molecule has 138 valence electrons. The van der Waals surface area contributed by atoms with Crippen LogP contribution in [0.25, 0.3) is 0 Å². The molecule has 0 heterocycles. The summed E-state index contributed by atoms with van der Waals surface area (Å²) in [4.78, 5) is 0.142. The van der Waals surface area contributed by atoms with E-state index in [1.165, 1.54) is 35.7 Å². The topological polar surface area (TPSA) is 79.6 Å². The molecule has 2 aromatic carbocycles. The van der Waals surface area contributed by atoms with Crippen molar-refractivity contribution in [3.63, 3.8) is 0 Å². The summed E-state index contributed by atoms with van der Waals surface area (Å²) in [6.07, 6.45) is 0. The normalized spacial score (nSPS) is 11.3. The molecule has 0 saturated carbocycles. The summed E-state index contributed by atoms with van der Waals surface area (Å²) >= 11 is 0. The highest BCUT2D eigenvalue weighted by molar-refractivity contribution is 7.89. The maximum Gasteiger partial charge on any atom is 0.243 e. The molecule has 0 aliphatic carbocycles. The molecule has 0 aliphatic heterocycles. The van der Waals surface area contributed by atoms with Gasteiger partial charge in [0.2, 0.25) is 10.0 Å². The first kappa shape index (κ1) is 19.9. The highest BCUT2D eigenvalue weighted by atomic mass is 32.2. The molecule has 0 bridgehead atoms. The Kier molecular flexibility index (Phi) is 7.16. The van der Waals surface area contributed by atoms with E-state index in [0.717, 1.165) is 11.3 Å². The Labute approximate surface area is 154 Å². The van der Waals surface area contributed by atoms with Crippen LogP contribution in [0, 0.1) is 18.3 Å². The highest BCUT2D eigenvalue weighted by Gasteiger charge is 2.24. The second kappa shape index (κ2) is 9.34. The lowest BCUT2D eigenvalue weighted by atomic mass is 10.2. The van der Waals surface area contributed by atoms with E-state index in [4.69, 9.17) is 14.7 Å². The monoisotopic (exact) mass is 374 g/mol. The zero-order valence-corrected chi connectivity index (χ0v) is 15.7. The first-order valence-electron chi connectivity index (χ1n) is 8.16. The molecule has 0 aromatic heterocycles. The molecule has 0 unspecified atom stereocenters. The van der Waals surface area contributed by atoms with E-state index in [0.29, 0.717) is 5.56 Å². The lowest BCUT2D eigenvalue weighted by Crippen LogP contribution is -2.37. The Balaban J connectivity index is 2.11. The van der Waals surface area contributed by atoms with Crippen molar-refractivity contribution >= 4 is 10.0 Å². The lowest BCUT2D eigenvalue weighted by molar-refractivity contribution is 0.171. The van der Waals surface area contributed by atoms with Gasteiger partial charge in [-0.05, 0) is 42.8 Å². The van der Waals surface area contributed by atoms with Crippen LogP contribution in [0.3, 0.4) is 0 Å². The Morgan fingerprint density at radius 1 is 1.04 bits per heavy atom. The van der Waals surface area contributed by atoms with Crippen LogP contribution in [-0.4, -0.2) is 46.1 Å². The molecule has 2 rings (SSSR count). The van der Waals surface area contributed by atoms with Gasteiger partial charge in [0.1, 0.15) is 12.4 Å². The van der Waals surface area contributed by atoms with Gasteiger partial charge in [0.25, 0.3) is 0 Å². The van der Waals surface area contributed by atoms with Crippen LogP contribution in [0.4, 0.5) is 0 Å². The van der Waals surface area contributed by atoms with E-state index in [1.54, 1.807) is 0 Å². The van der Waals surface area contributed by atoms with Crippen LogP contribution in [0.2, 0.25) is 0 Å². The van der Waals surface area contributed by atoms with Gasteiger partial charge in [-0.2, -0.15) is 9.57 Å². The van der Waals surface area contributed by atoms with E-state index < -0.39 is 10.0 Å². The van der Waals surface area contributed by atoms with Crippen molar-refractivity contribution in [2.24, 2.45) is 0 Å². The Bertz CT molecular complexity index is 858. The van der Waals surface area contributed by atoms with Crippen molar-refractivity contribution in [1.82, 2.24) is 4.31 Å². The van der Waals surface area contributed by atoms with Crippen molar-refractivity contribution in [1.29, 1.82) is 5.26 Å². The SMILES string of the molecule is COCCN(CCOc1ccccc1C)S(=O)(=O)c1ccc(C#N)cc1. The fourth-order valence-electron chi connectivity index (χ4n) is 2.37. The van der Waals surface area contributed by atoms with E-state index >= 15 is 0 Å². The fraction of sp³-hybridized carbons (Fsp3) is 0.316. The van der Waals surface area contributed by atoms with Crippen LogP contribution >= 0.6 is 0 Å². The molecule has 0 aliphatic rings. The smallest absolute Gasteiger partial charge is 0.243 e. The molecule has 26 heavy (non-hydrogen) atoms. The fourth-order valence-corrected chi connectivity index (χ4v) is 3.78. The van der Waals surface area contributed by atoms with Gasteiger partial charge in [-0.1, -0.05) is 18.2 Å². The van der Waals surface area contributed by atoms with Crippen molar-refractivity contribution in [2.75, 3.05) is 33.4 Å². The molecule has 0 radical (unpaired) electrons. The molecule has 0 fully saturated rings. The number of methoxy groups -OCH3 is 1. The number of nitriles is 1. The molecular formula is C19H22N2O4S. The predicted octanol–water partition coefficient (Wildman–Crippen LogP) is 2.58. The first-order valence-corrected chi connectivity index (χ1v) is 9.60. The standard InChI is InChI=1S/C19H22N2O4S/c1-16-5-3-4-6-19(16)25-14-12-21(11-13-24-2)26(22,23)18-9-7-17(15-20)8-10-18/h3-10H,11-14H2,1-2H3. The maximum absolute atomic E-state index is 12.9. The minimum absolute atomic E-state index is 0.142. The van der Waals surface area contributed by atoms with Gasteiger partial charge in [0.15, 0.2) is 0 Å². The molecule has 0 spiro atoms. The average Bonchev–Trinajstić information content (AvgIpc) is 2.65. The van der Waals surface area contributed by atoms with Gasteiger partial charge in [-0.3, -0.25) is 0 Å². The third-order valence-corrected chi connectivity index (χ3v) is 5.77. The van der Waals surface area contributed by atoms with Gasteiger partial charge in [0, 0.05) is 20.2 Å². The zero-order valence-electron chi connectivity index (χ0n) is 14.9. The Hall–Kier alpha value is -2.40. The maximum atomic E-state index is 12.9. The van der Waals surface area contributed by atoms with Gasteiger partial charge in [-0.15, -0.1) is 0 Å². The van der Waals surface area contributed by atoms with Gasteiger partial charge < -0.3 is 9.47 Å². The molecule has 0 saturated heterocycles. The van der Waals surface area contributed by atoms with Gasteiger partial charge in [0.05, 0.1) is 23.1 Å². The number of benzene rings is 2. The number of rotatable bonds is 9. The largest absolute Gasteiger partial charge is 0.492 e. The third kappa shape index (κ3) is 5.05. The number of sulfonamides is 1. The molecular weight excluding hydrogens is 352 g/mol. The number of hydrogen-bond acceptors (Lipinski definition) is 5. The number of para-hydroxylation sites is 1. The van der Waals surface area contributed by atoms with Crippen LogP contribution in [-0.2, 0) is 14.8 Å². The number of hydrogen-bond donors (Lipinski definition) is 0. The molecule has 0 N–H and O–H groups in total. The summed E-state index contributed by atoms with van der Waals surface area (Å²) in [7, 11) is -2.17.